The van der Waals surface area contributed by atoms with Crippen molar-refractivity contribution in [2.24, 2.45) is 0 Å². The van der Waals surface area contributed by atoms with Crippen molar-refractivity contribution >= 4 is 11.6 Å². The molecule has 0 amide bonds. The van der Waals surface area contributed by atoms with Crippen LogP contribution in [0.25, 0.3) is 0 Å². The average Bonchev–Trinajstić information content (AvgIpc) is 2.39. The molecule has 0 aliphatic carbocycles. The van der Waals surface area contributed by atoms with Crippen molar-refractivity contribution in [2.45, 2.75) is 57.7 Å². The highest BCUT2D eigenvalue weighted by atomic mass is 35.5. The molecule has 1 nitrogen and oxygen atoms in total. The maximum atomic E-state index is 6.23. The van der Waals surface area contributed by atoms with E-state index in [2.05, 4.69) is 25.6 Å². The van der Waals surface area contributed by atoms with Gasteiger partial charge in [-0.2, -0.15) is 0 Å². The lowest BCUT2D eigenvalue weighted by atomic mass is 9.93. The first-order valence-corrected chi connectivity index (χ1v) is 7.64. The molecule has 0 radical (unpaired) electrons. The molecule has 0 bridgehead atoms. The van der Waals surface area contributed by atoms with Crippen LogP contribution >= 0.6 is 11.6 Å². The summed E-state index contributed by atoms with van der Waals surface area (Å²) in [6.45, 7) is 6.41. The van der Waals surface area contributed by atoms with Crippen LogP contribution in [0.2, 0.25) is 5.02 Å². The van der Waals surface area contributed by atoms with Crippen LogP contribution in [0.1, 0.15) is 57.1 Å². The van der Waals surface area contributed by atoms with E-state index < -0.39 is 0 Å². The molecule has 1 heterocycles. The Hall–Kier alpha value is -0.790. The summed E-state index contributed by atoms with van der Waals surface area (Å²) in [5.41, 5.74) is 2.53. The second kappa shape index (κ2) is 7.12. The molecular formula is C17H23ClO. The van der Waals surface area contributed by atoms with Gasteiger partial charge < -0.3 is 4.74 Å². The van der Waals surface area contributed by atoms with Gasteiger partial charge in [-0.3, -0.25) is 0 Å². The zero-order chi connectivity index (χ0) is 13.7. The molecule has 1 aliphatic rings. The summed E-state index contributed by atoms with van der Waals surface area (Å²) in [6.07, 6.45) is 7.41. The van der Waals surface area contributed by atoms with E-state index in [1.54, 1.807) is 0 Å². The summed E-state index contributed by atoms with van der Waals surface area (Å²) in [5.74, 6) is 0. The van der Waals surface area contributed by atoms with Gasteiger partial charge in [0.25, 0.3) is 0 Å². The molecule has 0 aromatic heterocycles. The van der Waals surface area contributed by atoms with Crippen LogP contribution in [-0.4, -0.2) is 6.10 Å². The largest absolute Gasteiger partial charge is 0.370 e. The van der Waals surface area contributed by atoms with E-state index in [1.807, 2.05) is 12.1 Å². The standard InChI is InChI=1S/C17H23ClO/c1-3-4-5-6-16-11-13(2)12-17(19-16)14-7-9-15(18)10-8-14/h7-10,16-17H,2-6,11-12H2,1H3/t16-,17-/m0/s1. The monoisotopic (exact) mass is 278 g/mol. The van der Waals surface area contributed by atoms with Gasteiger partial charge in [0.15, 0.2) is 0 Å². The van der Waals surface area contributed by atoms with Crippen LogP contribution in [0.15, 0.2) is 36.4 Å². The SMILES string of the molecule is C=C1C[C@H](CCCCC)O[C@H](c2ccc(Cl)cc2)C1. The third-order valence-corrected chi connectivity index (χ3v) is 3.97. The van der Waals surface area contributed by atoms with Crippen molar-refractivity contribution in [3.63, 3.8) is 0 Å². The molecule has 0 spiro atoms. The fraction of sp³-hybridized carbons (Fsp3) is 0.529. The number of rotatable bonds is 5. The summed E-state index contributed by atoms with van der Waals surface area (Å²) in [5, 5.41) is 0.776. The zero-order valence-corrected chi connectivity index (χ0v) is 12.5. The number of ether oxygens (including phenoxy) is 1. The summed E-state index contributed by atoms with van der Waals surface area (Å²) in [7, 11) is 0. The van der Waals surface area contributed by atoms with Gasteiger partial charge >= 0.3 is 0 Å². The molecule has 1 saturated heterocycles. The lowest BCUT2D eigenvalue weighted by Crippen LogP contribution is -2.23. The van der Waals surface area contributed by atoms with Crippen molar-refractivity contribution < 1.29 is 4.74 Å². The van der Waals surface area contributed by atoms with Crippen molar-refractivity contribution in [1.82, 2.24) is 0 Å². The Morgan fingerprint density at radius 3 is 2.63 bits per heavy atom. The maximum absolute atomic E-state index is 6.23. The quantitative estimate of drug-likeness (QED) is 0.496. The minimum atomic E-state index is 0.158. The molecule has 2 atom stereocenters. The summed E-state index contributed by atoms with van der Waals surface area (Å²) >= 11 is 5.93. The molecule has 0 saturated carbocycles. The molecule has 104 valence electrons. The van der Waals surface area contributed by atoms with Crippen LogP contribution in [0.3, 0.4) is 0 Å². The Labute approximate surface area is 121 Å². The van der Waals surface area contributed by atoms with Crippen molar-refractivity contribution in [3.05, 3.63) is 47.0 Å². The number of hydrogen-bond acceptors (Lipinski definition) is 1. The Bertz CT molecular complexity index is 410. The molecular weight excluding hydrogens is 256 g/mol. The predicted octanol–water partition coefficient (Wildman–Crippen LogP) is 5.70. The van der Waals surface area contributed by atoms with Gasteiger partial charge in [-0.05, 0) is 37.0 Å². The third kappa shape index (κ3) is 4.36. The number of halogens is 1. The van der Waals surface area contributed by atoms with E-state index in [1.165, 1.54) is 30.4 Å². The molecule has 1 aliphatic heterocycles. The number of hydrogen-bond donors (Lipinski definition) is 0. The minimum absolute atomic E-state index is 0.158. The Kier molecular flexibility index (Phi) is 5.47. The van der Waals surface area contributed by atoms with E-state index in [0.717, 1.165) is 24.3 Å². The summed E-state index contributed by atoms with van der Waals surface area (Å²) < 4.78 is 6.23. The Balaban J connectivity index is 1.97. The van der Waals surface area contributed by atoms with E-state index >= 15 is 0 Å². The topological polar surface area (TPSA) is 9.23 Å². The van der Waals surface area contributed by atoms with Crippen LogP contribution in [-0.2, 0) is 4.74 Å². The summed E-state index contributed by atoms with van der Waals surface area (Å²) in [4.78, 5) is 0. The highest BCUT2D eigenvalue weighted by molar-refractivity contribution is 6.30. The van der Waals surface area contributed by atoms with Gasteiger partial charge in [-0.1, -0.05) is 62.1 Å². The van der Waals surface area contributed by atoms with E-state index in [0.29, 0.717) is 6.10 Å². The molecule has 0 N–H and O–H groups in total. The van der Waals surface area contributed by atoms with Gasteiger partial charge in [-0.25, -0.2) is 0 Å². The number of unbranched alkanes of at least 4 members (excludes halogenated alkanes) is 2. The van der Waals surface area contributed by atoms with E-state index in [-0.39, 0.29) is 6.10 Å². The average molecular weight is 279 g/mol. The first kappa shape index (κ1) is 14.6. The molecule has 1 fully saturated rings. The molecule has 2 heteroatoms. The van der Waals surface area contributed by atoms with Gasteiger partial charge in [0.05, 0.1) is 12.2 Å². The van der Waals surface area contributed by atoms with Gasteiger partial charge in [0.1, 0.15) is 0 Å². The maximum Gasteiger partial charge on any atom is 0.0865 e. The second-order valence-electron chi connectivity index (χ2n) is 5.45. The molecule has 19 heavy (non-hydrogen) atoms. The van der Waals surface area contributed by atoms with Gasteiger partial charge in [0, 0.05) is 5.02 Å². The number of benzene rings is 1. The first-order valence-electron chi connectivity index (χ1n) is 7.26. The van der Waals surface area contributed by atoms with E-state index in [9.17, 15) is 0 Å². The molecule has 0 unspecified atom stereocenters. The molecule has 1 aromatic rings. The Morgan fingerprint density at radius 2 is 1.95 bits per heavy atom. The van der Waals surface area contributed by atoms with Crippen LogP contribution in [0.4, 0.5) is 0 Å². The fourth-order valence-electron chi connectivity index (χ4n) is 2.66. The minimum Gasteiger partial charge on any atom is -0.370 e. The van der Waals surface area contributed by atoms with Crippen LogP contribution in [0, 0.1) is 0 Å². The Morgan fingerprint density at radius 1 is 1.21 bits per heavy atom. The second-order valence-corrected chi connectivity index (χ2v) is 5.89. The van der Waals surface area contributed by atoms with Crippen LogP contribution in [0.5, 0.6) is 0 Å². The highest BCUT2D eigenvalue weighted by Crippen LogP contribution is 2.35. The molecule has 2 rings (SSSR count). The smallest absolute Gasteiger partial charge is 0.0865 e. The summed E-state index contributed by atoms with van der Waals surface area (Å²) in [6, 6.07) is 8.00. The van der Waals surface area contributed by atoms with E-state index in [4.69, 9.17) is 16.3 Å². The van der Waals surface area contributed by atoms with Gasteiger partial charge in [0.2, 0.25) is 0 Å². The lowest BCUT2D eigenvalue weighted by Gasteiger charge is -2.32. The lowest BCUT2D eigenvalue weighted by molar-refractivity contribution is -0.0373. The first-order chi connectivity index (χ1) is 9.19. The normalized spacial score (nSPS) is 23.6. The van der Waals surface area contributed by atoms with Gasteiger partial charge in [-0.15, -0.1) is 0 Å². The van der Waals surface area contributed by atoms with Crippen LogP contribution < -0.4 is 0 Å². The third-order valence-electron chi connectivity index (χ3n) is 3.72. The molecule has 1 aromatic carbocycles. The predicted molar refractivity (Wildman–Crippen MR) is 81.6 cm³/mol. The fourth-order valence-corrected chi connectivity index (χ4v) is 2.79. The zero-order valence-electron chi connectivity index (χ0n) is 11.7. The van der Waals surface area contributed by atoms with Crippen molar-refractivity contribution in [3.8, 4) is 0 Å². The highest BCUT2D eigenvalue weighted by Gasteiger charge is 2.25. The van der Waals surface area contributed by atoms with Crippen molar-refractivity contribution in [2.75, 3.05) is 0 Å². The van der Waals surface area contributed by atoms with Crippen molar-refractivity contribution in [1.29, 1.82) is 0 Å².